The van der Waals surface area contributed by atoms with E-state index in [-0.39, 0.29) is 24.3 Å². The Kier molecular flexibility index (Phi) is 40.0. The lowest BCUT2D eigenvalue weighted by Crippen LogP contribution is -2.72. The van der Waals surface area contributed by atoms with Gasteiger partial charge in [0.2, 0.25) is 29.3 Å². The van der Waals surface area contributed by atoms with E-state index in [4.69, 9.17) is 72.6 Å². The number of phosphoric acid groups is 1. The van der Waals surface area contributed by atoms with Gasteiger partial charge in [-0.1, -0.05) is 73.1 Å². The van der Waals surface area contributed by atoms with E-state index >= 15 is 0 Å². The molecule has 1 aromatic heterocycles. The van der Waals surface area contributed by atoms with Crippen LogP contribution in [0, 0.1) is 15.5 Å². The number of nitro groups is 1. The summed E-state index contributed by atoms with van der Waals surface area (Å²) >= 11 is 0. The predicted octanol–water partition coefficient (Wildman–Crippen LogP) is -1.73. The van der Waals surface area contributed by atoms with E-state index < -0.39 is 275 Å². The number of hydrogen-bond donors (Lipinski definition) is 19. The molecule has 6 saturated heterocycles. The maximum atomic E-state index is 14.3. The number of aromatic nitrogens is 3. The van der Waals surface area contributed by atoms with Crippen LogP contribution in [0.1, 0.15) is 160 Å². The van der Waals surface area contributed by atoms with Crippen molar-refractivity contribution in [2.45, 2.75) is 286 Å². The molecule has 8 rings (SSSR count). The summed E-state index contributed by atoms with van der Waals surface area (Å²) in [4.78, 5) is 134. The molecular weight excluding hydrogens is 1760 g/mol. The molecule has 6 aliphatic rings. The van der Waals surface area contributed by atoms with Crippen molar-refractivity contribution >= 4 is 61.0 Å². The molecule has 49 heteroatoms. The molecule has 0 saturated carbocycles. The van der Waals surface area contributed by atoms with Crippen molar-refractivity contribution in [1.82, 2.24) is 40.9 Å². The molecular formula is C82H124N11O37P. The topological polar surface area (TPSA) is 714 Å². The monoisotopic (exact) mass is 1890 g/mol. The third-order valence-electron chi connectivity index (χ3n) is 22.5. The molecule has 48 nitrogen and oxygen atoms in total. The molecule has 27 atom stereocenters. The third-order valence-corrected chi connectivity index (χ3v) is 23.5. The lowest BCUT2D eigenvalue weighted by molar-refractivity contribution is -0.385. The van der Waals surface area contributed by atoms with Gasteiger partial charge in [0.15, 0.2) is 61.7 Å². The van der Waals surface area contributed by atoms with Crippen LogP contribution in [-0.4, -0.2) is 357 Å². The Morgan fingerprint density at radius 1 is 0.756 bits per heavy atom. The number of aliphatic hydroxyl groups is 10. The molecule has 734 valence electrons. The lowest BCUT2D eigenvalue weighted by atomic mass is 9.85. The van der Waals surface area contributed by atoms with Gasteiger partial charge in [0.05, 0.1) is 49.6 Å². The Balaban J connectivity index is 1.05. The number of aliphatic hydroxyl groups excluding tert-OH is 9. The number of primary amides is 2. The fourth-order valence-electron chi connectivity index (χ4n) is 15.2. The van der Waals surface area contributed by atoms with Crippen molar-refractivity contribution in [3.05, 3.63) is 105 Å². The molecule has 131 heavy (non-hydrogen) atoms. The SMILES string of the molecule is C=C(C/C=C(\C)CCC=C(C)C)CCC(C)(C)/C=C/CC/C(C)=C\CO[C@H](COP(=O)(O)O[C@H]1O[C@H](C(N)=O)[C@@](C)(O)[C@H](OC(N)=O)[C@H]1O[C@@H]1O[C@H](CO[C@@H]2O[C@H](CO)[C@@H](O)[C@H](O)[C@H]2O)[C@@H](O[C@@H]2O[C@H](C)[C@@H](O[C@@H]3O[C@H](c4nc(C(=O)CCC(=O)O)nn4-c4ccc([N+](=O)[O-])c(C(=O)NCCN5CCNCC5)c4)[C@H](O)[C@H](O)[C@H]3O)[C@H](O)[C@H]2NC(C)=O)[C@H](O)[C@H]1NC(C)=O)C(=O)O. The number of rotatable bonds is 46. The van der Waals surface area contributed by atoms with E-state index in [0.717, 1.165) is 86.9 Å². The van der Waals surface area contributed by atoms with E-state index in [1.165, 1.54) is 18.1 Å². The van der Waals surface area contributed by atoms with E-state index in [1.807, 2.05) is 11.0 Å². The van der Waals surface area contributed by atoms with Gasteiger partial charge in [0, 0.05) is 65.6 Å². The highest BCUT2D eigenvalue weighted by Gasteiger charge is 2.63. The highest BCUT2D eigenvalue weighted by atomic mass is 31.2. The Labute approximate surface area is 753 Å². The van der Waals surface area contributed by atoms with Crippen LogP contribution in [0.4, 0.5) is 10.5 Å². The number of Topliss-reactive ketones (excluding diaryl/α,β-unsaturated/α-hetero) is 1. The normalized spacial score (nSPS) is 31.7. The van der Waals surface area contributed by atoms with Crippen molar-refractivity contribution < 1.29 is 175 Å². The van der Waals surface area contributed by atoms with Crippen molar-refractivity contribution in [2.75, 3.05) is 65.7 Å². The summed E-state index contributed by atoms with van der Waals surface area (Å²) in [7, 11) is -5.91. The van der Waals surface area contributed by atoms with E-state index in [1.54, 1.807) is 13.0 Å². The summed E-state index contributed by atoms with van der Waals surface area (Å²) < 4.78 is 91.3. The molecule has 1 aromatic carbocycles. The quantitative estimate of drug-likeness (QED) is 0.0115. The number of carboxylic acid groups (broad SMARTS) is 2. The molecule has 2 aromatic rings. The van der Waals surface area contributed by atoms with Crippen LogP contribution in [0.15, 0.2) is 77.5 Å². The standard InChI is InChI=1S/C82H124N11O37P/c1-39(2)15-14-17-40(3)18-19-42(5)24-27-81(9,10)26-13-12-16-41(4)25-34-118-52(74(110)111)38-120-131(116,117)130-79-67(68(129-80(84)112)82(11,113)69(128-79)70(83)108)127-76-55(88-45(8)96)58(102)65(51(123-76)37-119-77-62(106)59(103)56(100)50(36-94)122-77)125-75-54(87-44(7)95)57(101)64(43(6)121-75)124-78-63(107)60(104)61(105)66(126-78)72-89-71(49(97)22-23-53(98)99)90-92(72)46-20-21-48(93(114)115)47(35-46)73(109)86-30-33-91-31-28-85-29-32-91/h13,15,18,20-21,25-26,35,43,50-52,54-69,75-79,85,94,100-107,113H,5,12,14,16-17,19,22-24,27-34,36-38H2,1-4,6-11H3,(H2,83,108)(H2,84,112)(H,86,109)(H,87,95)(H,88,96)(H,98,99)(H,110,111)(H,116,117)/b26-13+,40-18+,41-25-/t43-,50-,51-,52-,54-,55-,56-,57-,58-,59+,60+,61-,62-,63-,64-,65-,66+,67-,68-,69-,75+,76+,77-,78-,79-,82+/m1/s1. The average molecular weight is 1890 g/mol. The molecule has 0 aliphatic carbocycles. The second kappa shape index (κ2) is 48.6. The molecule has 7 heterocycles. The fraction of sp³-hybridized carbons (Fsp3) is 0.683. The van der Waals surface area contributed by atoms with Gasteiger partial charge in [0.1, 0.15) is 103 Å². The number of amides is 5. The highest BCUT2D eigenvalue weighted by molar-refractivity contribution is 7.47. The Bertz CT molecular complexity index is 4440. The number of aliphatic carboxylic acids is 2. The van der Waals surface area contributed by atoms with Gasteiger partial charge in [-0.25, -0.2) is 23.8 Å². The van der Waals surface area contributed by atoms with Crippen molar-refractivity contribution in [2.24, 2.45) is 16.9 Å². The van der Waals surface area contributed by atoms with Crippen LogP contribution < -0.4 is 32.7 Å². The number of carbonyl (C=O) groups is 8. The van der Waals surface area contributed by atoms with Crippen molar-refractivity contribution in [3.63, 3.8) is 0 Å². The molecule has 0 spiro atoms. The zero-order valence-electron chi connectivity index (χ0n) is 74.1. The number of ketones is 1. The maximum absolute atomic E-state index is 14.3. The number of benzene rings is 1. The number of allylic oxidation sites excluding steroid dienone is 8. The van der Waals surface area contributed by atoms with Crippen LogP contribution in [0.2, 0.25) is 0 Å². The van der Waals surface area contributed by atoms with Crippen molar-refractivity contribution in [3.8, 4) is 5.69 Å². The second-order valence-electron chi connectivity index (χ2n) is 33.9. The number of nitrogens with one attached hydrogen (secondary N) is 4. The Morgan fingerprint density at radius 3 is 1.98 bits per heavy atom. The molecule has 6 aliphatic heterocycles. The number of nitro benzene ring substituents is 1. The van der Waals surface area contributed by atoms with Gasteiger partial charge in [-0.2, -0.15) is 0 Å². The van der Waals surface area contributed by atoms with Crippen LogP contribution in [0.5, 0.6) is 0 Å². The van der Waals surface area contributed by atoms with E-state index in [0.29, 0.717) is 45.6 Å². The number of nitrogens with zero attached hydrogens (tertiary/aromatic N) is 5. The number of ether oxygens (including phenoxy) is 11. The first-order valence-corrected chi connectivity index (χ1v) is 44.0. The van der Waals surface area contributed by atoms with Crippen LogP contribution in [0.25, 0.3) is 5.69 Å². The summed E-state index contributed by atoms with van der Waals surface area (Å²) in [5.74, 6) is -10.1. The summed E-state index contributed by atoms with van der Waals surface area (Å²) in [6.07, 6.45) is -38.3. The molecule has 0 radical (unpaired) electrons. The Morgan fingerprint density at radius 2 is 1.37 bits per heavy atom. The number of hydrogen-bond acceptors (Lipinski definition) is 38. The zero-order valence-corrected chi connectivity index (χ0v) is 75.0. The largest absolute Gasteiger partial charge is 0.481 e. The third kappa shape index (κ3) is 30.0. The minimum absolute atomic E-state index is 0.0290. The van der Waals surface area contributed by atoms with E-state index in [9.17, 15) is 119 Å². The molecule has 0 bridgehead atoms. The summed E-state index contributed by atoms with van der Waals surface area (Å²) in [5, 5.41) is 163. The average Bonchev–Trinajstić information content (AvgIpc) is 0.786. The van der Waals surface area contributed by atoms with E-state index in [2.05, 4.69) is 90.8 Å². The van der Waals surface area contributed by atoms with Gasteiger partial charge in [0.25, 0.3) is 11.6 Å². The molecule has 5 amide bonds. The number of nitrogens with two attached hydrogens (primary N) is 2. The summed E-state index contributed by atoms with van der Waals surface area (Å²) in [6, 6.07) is -1.20. The van der Waals surface area contributed by atoms with Crippen LogP contribution >= 0.6 is 7.82 Å². The van der Waals surface area contributed by atoms with Gasteiger partial charge in [-0.05, 0) is 104 Å². The molecule has 6 fully saturated rings. The number of phosphoric ester groups is 1. The van der Waals surface area contributed by atoms with Crippen LogP contribution in [-0.2, 0) is 89.7 Å². The summed E-state index contributed by atoms with van der Waals surface area (Å²) in [5.41, 5.74) is 11.0. The first-order chi connectivity index (χ1) is 61.5. The summed E-state index contributed by atoms with van der Waals surface area (Å²) in [6.45, 7) is 19.6. The predicted molar refractivity (Wildman–Crippen MR) is 450 cm³/mol. The number of carbonyl (C=O) groups excluding carboxylic acids is 6. The minimum Gasteiger partial charge on any atom is -0.481 e. The fourth-order valence-corrected chi connectivity index (χ4v) is 16.0. The first kappa shape index (κ1) is 108. The lowest BCUT2D eigenvalue weighted by Gasteiger charge is -2.52. The minimum atomic E-state index is -5.91. The molecule has 21 N–H and O–H groups in total. The smallest absolute Gasteiger partial charge is 0.474 e. The number of piperazine rings is 1. The van der Waals surface area contributed by atoms with Crippen molar-refractivity contribution in [1.29, 1.82) is 0 Å². The highest BCUT2D eigenvalue weighted by Crippen LogP contribution is 2.49. The number of carboxylic acids is 2. The Hall–Kier alpha value is -8.55. The molecule has 1 unspecified atom stereocenters. The first-order valence-electron chi connectivity index (χ1n) is 42.5. The van der Waals surface area contributed by atoms with Crippen LogP contribution in [0.3, 0.4) is 0 Å². The van der Waals surface area contributed by atoms with Gasteiger partial charge >= 0.3 is 25.9 Å². The zero-order chi connectivity index (χ0) is 97.0. The van der Waals surface area contributed by atoms with Gasteiger partial charge in [-0.15, -0.1) is 5.10 Å². The second-order valence-corrected chi connectivity index (χ2v) is 35.4. The van der Waals surface area contributed by atoms with Gasteiger partial charge < -0.3 is 151 Å². The van der Waals surface area contributed by atoms with Gasteiger partial charge in [-0.3, -0.25) is 52.8 Å². The maximum Gasteiger partial charge on any atom is 0.474 e.